The predicted octanol–water partition coefficient (Wildman–Crippen LogP) is 4.77. The lowest BCUT2D eigenvalue weighted by atomic mass is 10.0. The highest BCUT2D eigenvalue weighted by Gasteiger charge is 2.08. The van der Waals surface area contributed by atoms with Crippen molar-refractivity contribution >= 4 is 5.97 Å². The summed E-state index contributed by atoms with van der Waals surface area (Å²) in [6, 6.07) is 16.1. The average molecular weight is 298 g/mol. The highest BCUT2D eigenvalue weighted by Crippen LogP contribution is 2.25. The maximum atomic E-state index is 11.0. The molecule has 22 heavy (non-hydrogen) atoms. The third-order valence-electron chi connectivity index (χ3n) is 3.38. The first-order chi connectivity index (χ1) is 10.6. The second-order valence-electron chi connectivity index (χ2n) is 5.25. The molecular formula is C19H22O3. The molecule has 0 spiro atoms. The van der Waals surface area contributed by atoms with Crippen LogP contribution in [-0.4, -0.2) is 12.6 Å². The minimum atomic E-state index is -0.265. The maximum Gasteiger partial charge on any atom is 0.303 e. The first-order valence-corrected chi connectivity index (χ1v) is 7.60. The van der Waals surface area contributed by atoms with Gasteiger partial charge in [-0.3, -0.25) is 4.79 Å². The van der Waals surface area contributed by atoms with Crippen LogP contribution >= 0.6 is 0 Å². The predicted molar refractivity (Wildman–Crippen MR) is 87.8 cm³/mol. The van der Waals surface area contributed by atoms with Crippen molar-refractivity contribution in [1.82, 2.24) is 0 Å². The molecule has 1 atom stereocenters. The molecule has 3 heteroatoms. The Morgan fingerprint density at radius 2 is 1.55 bits per heavy atom. The van der Waals surface area contributed by atoms with Gasteiger partial charge in [-0.15, -0.1) is 0 Å². The second kappa shape index (κ2) is 7.64. The second-order valence-corrected chi connectivity index (χ2v) is 5.25. The third-order valence-corrected chi connectivity index (χ3v) is 3.38. The van der Waals surface area contributed by atoms with E-state index >= 15 is 0 Å². The third kappa shape index (κ3) is 4.35. The van der Waals surface area contributed by atoms with Crippen LogP contribution in [0.2, 0.25) is 0 Å². The van der Waals surface area contributed by atoms with Gasteiger partial charge in [0.1, 0.15) is 11.9 Å². The molecule has 0 aliphatic carbocycles. The number of hydrogen-bond acceptors (Lipinski definition) is 3. The summed E-state index contributed by atoms with van der Waals surface area (Å²) in [5.74, 6) is 0.630. The van der Waals surface area contributed by atoms with Crippen LogP contribution in [0.15, 0.2) is 48.5 Å². The molecule has 0 bridgehead atoms. The molecule has 0 aliphatic rings. The van der Waals surface area contributed by atoms with Crippen molar-refractivity contribution in [2.45, 2.75) is 33.3 Å². The van der Waals surface area contributed by atoms with Gasteiger partial charge in [0.15, 0.2) is 0 Å². The SMILES string of the molecule is CCCOc1ccc(-c2ccc(C(C)OC(C)=O)cc2)cc1. The molecule has 0 aliphatic heterocycles. The zero-order valence-corrected chi connectivity index (χ0v) is 13.3. The van der Waals surface area contributed by atoms with E-state index in [4.69, 9.17) is 9.47 Å². The van der Waals surface area contributed by atoms with Crippen molar-refractivity contribution in [3.8, 4) is 16.9 Å². The molecule has 0 fully saturated rings. The number of hydrogen-bond donors (Lipinski definition) is 0. The summed E-state index contributed by atoms with van der Waals surface area (Å²) in [6.45, 7) is 6.12. The van der Waals surface area contributed by atoms with E-state index in [0.29, 0.717) is 0 Å². The Kier molecular flexibility index (Phi) is 5.59. The summed E-state index contributed by atoms with van der Waals surface area (Å²) in [5, 5.41) is 0. The topological polar surface area (TPSA) is 35.5 Å². The highest BCUT2D eigenvalue weighted by atomic mass is 16.5. The fourth-order valence-corrected chi connectivity index (χ4v) is 2.23. The number of carbonyl (C=O) groups is 1. The zero-order chi connectivity index (χ0) is 15.9. The largest absolute Gasteiger partial charge is 0.494 e. The van der Waals surface area contributed by atoms with Crippen LogP contribution in [0.4, 0.5) is 0 Å². The number of benzene rings is 2. The molecule has 3 nitrogen and oxygen atoms in total. The Balaban J connectivity index is 2.08. The van der Waals surface area contributed by atoms with Crippen molar-refractivity contribution in [3.05, 3.63) is 54.1 Å². The minimum Gasteiger partial charge on any atom is -0.494 e. The van der Waals surface area contributed by atoms with Crippen molar-refractivity contribution in [3.63, 3.8) is 0 Å². The standard InChI is InChI=1S/C19H22O3/c1-4-13-21-19-11-9-18(10-12-19)17-7-5-16(6-8-17)14(2)22-15(3)20/h5-12,14H,4,13H2,1-3H3. The van der Waals surface area contributed by atoms with Gasteiger partial charge in [-0.2, -0.15) is 0 Å². The van der Waals surface area contributed by atoms with Crippen LogP contribution in [0.25, 0.3) is 11.1 Å². The Morgan fingerprint density at radius 3 is 2.05 bits per heavy atom. The fourth-order valence-electron chi connectivity index (χ4n) is 2.23. The molecule has 116 valence electrons. The first-order valence-electron chi connectivity index (χ1n) is 7.60. The van der Waals surface area contributed by atoms with Gasteiger partial charge in [0.05, 0.1) is 6.61 Å². The smallest absolute Gasteiger partial charge is 0.303 e. The van der Waals surface area contributed by atoms with Crippen LogP contribution < -0.4 is 4.74 Å². The van der Waals surface area contributed by atoms with Gasteiger partial charge < -0.3 is 9.47 Å². The molecule has 0 amide bonds. The van der Waals surface area contributed by atoms with E-state index in [9.17, 15) is 4.79 Å². The lowest BCUT2D eigenvalue weighted by Gasteiger charge is -2.13. The Bertz CT molecular complexity index is 600. The molecule has 2 aromatic rings. The van der Waals surface area contributed by atoms with E-state index in [2.05, 4.69) is 19.1 Å². The molecular weight excluding hydrogens is 276 g/mol. The summed E-state index contributed by atoms with van der Waals surface area (Å²) in [7, 11) is 0. The van der Waals surface area contributed by atoms with Gasteiger partial charge in [-0.05, 0) is 42.2 Å². The Labute approximate surface area is 131 Å². The molecule has 2 rings (SSSR count). The van der Waals surface area contributed by atoms with Crippen molar-refractivity contribution in [2.24, 2.45) is 0 Å². The van der Waals surface area contributed by atoms with Crippen molar-refractivity contribution in [2.75, 3.05) is 6.61 Å². The van der Waals surface area contributed by atoms with Crippen molar-refractivity contribution in [1.29, 1.82) is 0 Å². The average Bonchev–Trinajstić information content (AvgIpc) is 2.53. The van der Waals surface area contributed by atoms with Gasteiger partial charge in [-0.25, -0.2) is 0 Å². The van der Waals surface area contributed by atoms with E-state index in [1.807, 2.05) is 43.3 Å². The highest BCUT2D eigenvalue weighted by molar-refractivity contribution is 5.67. The normalized spacial score (nSPS) is 11.8. The Morgan fingerprint density at radius 1 is 1.00 bits per heavy atom. The van der Waals surface area contributed by atoms with Gasteiger partial charge in [0.2, 0.25) is 0 Å². The molecule has 2 aromatic carbocycles. The summed E-state index contributed by atoms with van der Waals surface area (Å²) >= 11 is 0. The lowest BCUT2D eigenvalue weighted by molar-refractivity contribution is -0.145. The van der Waals surface area contributed by atoms with E-state index < -0.39 is 0 Å². The molecule has 0 heterocycles. The van der Waals surface area contributed by atoms with E-state index in [1.54, 1.807) is 0 Å². The van der Waals surface area contributed by atoms with Crippen LogP contribution in [0, 0.1) is 0 Å². The Hall–Kier alpha value is -2.29. The molecule has 0 saturated carbocycles. The molecule has 0 N–H and O–H groups in total. The summed E-state index contributed by atoms with van der Waals surface area (Å²) in [5.41, 5.74) is 3.25. The lowest BCUT2D eigenvalue weighted by Crippen LogP contribution is -2.04. The van der Waals surface area contributed by atoms with Crippen LogP contribution in [-0.2, 0) is 9.53 Å². The maximum absolute atomic E-state index is 11.0. The minimum absolute atomic E-state index is 0.226. The van der Waals surface area contributed by atoms with Gasteiger partial charge in [-0.1, -0.05) is 43.3 Å². The van der Waals surface area contributed by atoms with E-state index in [1.165, 1.54) is 6.92 Å². The van der Waals surface area contributed by atoms with Crippen LogP contribution in [0.5, 0.6) is 5.75 Å². The van der Waals surface area contributed by atoms with Crippen LogP contribution in [0.1, 0.15) is 38.9 Å². The summed E-state index contributed by atoms with van der Waals surface area (Å²) in [4.78, 5) is 11.0. The molecule has 0 radical (unpaired) electrons. The zero-order valence-electron chi connectivity index (χ0n) is 13.3. The van der Waals surface area contributed by atoms with Gasteiger partial charge in [0, 0.05) is 6.92 Å². The summed E-state index contributed by atoms with van der Waals surface area (Å²) < 4.78 is 10.8. The number of esters is 1. The van der Waals surface area contributed by atoms with Crippen LogP contribution in [0.3, 0.4) is 0 Å². The monoisotopic (exact) mass is 298 g/mol. The first kappa shape index (κ1) is 16.1. The van der Waals surface area contributed by atoms with Gasteiger partial charge >= 0.3 is 5.97 Å². The molecule has 1 unspecified atom stereocenters. The van der Waals surface area contributed by atoms with Gasteiger partial charge in [0.25, 0.3) is 0 Å². The fraction of sp³-hybridized carbons (Fsp3) is 0.316. The number of ether oxygens (including phenoxy) is 2. The van der Waals surface area contributed by atoms with E-state index in [0.717, 1.165) is 35.5 Å². The molecule has 0 saturated heterocycles. The number of carbonyl (C=O) groups excluding carboxylic acids is 1. The van der Waals surface area contributed by atoms with Crippen molar-refractivity contribution < 1.29 is 14.3 Å². The number of rotatable bonds is 6. The quantitative estimate of drug-likeness (QED) is 0.721. The van der Waals surface area contributed by atoms with E-state index in [-0.39, 0.29) is 12.1 Å². The summed E-state index contributed by atoms with van der Waals surface area (Å²) in [6.07, 6.45) is 0.778. The molecule has 0 aromatic heterocycles.